The minimum atomic E-state index is -1.21. The van der Waals surface area contributed by atoms with E-state index in [4.69, 9.17) is 15.2 Å². The fraction of sp³-hybridized carbons (Fsp3) is 0.393. The molecule has 2 aromatic heterocycles. The molecule has 36 heavy (non-hydrogen) atoms. The summed E-state index contributed by atoms with van der Waals surface area (Å²) in [6.45, 7) is 9.75. The zero-order valence-corrected chi connectivity index (χ0v) is 23.4. The molecule has 0 spiro atoms. The molecule has 0 saturated carbocycles. The Hall–Kier alpha value is -2.65. The van der Waals surface area contributed by atoms with Crippen LogP contribution in [0.3, 0.4) is 0 Å². The molecule has 3 heterocycles. The van der Waals surface area contributed by atoms with Gasteiger partial charge in [-0.2, -0.15) is 0 Å². The van der Waals surface area contributed by atoms with E-state index in [1.54, 1.807) is 23.0 Å². The normalized spacial score (nSPS) is 16.4. The van der Waals surface area contributed by atoms with E-state index in [1.165, 1.54) is 0 Å². The van der Waals surface area contributed by atoms with Crippen molar-refractivity contribution in [3.8, 4) is 16.2 Å². The van der Waals surface area contributed by atoms with Crippen LogP contribution in [0.2, 0.25) is 25.7 Å². The Labute approximate surface area is 217 Å². The highest BCUT2D eigenvalue weighted by Crippen LogP contribution is 2.37. The first-order valence-corrected chi connectivity index (χ1v) is 17.1. The van der Waals surface area contributed by atoms with Crippen molar-refractivity contribution in [2.45, 2.75) is 44.9 Å². The second-order valence-corrected chi connectivity index (χ2v) is 17.5. The van der Waals surface area contributed by atoms with Crippen LogP contribution in [0, 0.1) is 0 Å². The van der Waals surface area contributed by atoms with E-state index in [2.05, 4.69) is 48.8 Å². The van der Waals surface area contributed by atoms with Crippen molar-refractivity contribution < 1.29 is 9.47 Å². The third kappa shape index (κ3) is 5.09. The standard InChI is InChI=1S/C28H35N3O3SSi/c1-33-22-8-5-19(6-9-22)26-16-24-23-15-21(30-12-11-20(29)17-30)7-10-25(23)31(28(32)27(24)35-26)18-34-13-14-36(2,3)4/h5-10,15-16,20H,11-14,17-18,29H2,1-4H3. The van der Waals surface area contributed by atoms with Crippen LogP contribution in [0.4, 0.5) is 5.69 Å². The number of hydrogen-bond acceptors (Lipinski definition) is 6. The summed E-state index contributed by atoms with van der Waals surface area (Å²) in [6, 6.07) is 17.8. The summed E-state index contributed by atoms with van der Waals surface area (Å²) in [5.74, 6) is 0.816. The Balaban J connectivity index is 1.61. The Morgan fingerprint density at radius 2 is 1.86 bits per heavy atom. The summed E-state index contributed by atoms with van der Waals surface area (Å²) in [5, 5.41) is 2.07. The van der Waals surface area contributed by atoms with E-state index < -0.39 is 8.07 Å². The van der Waals surface area contributed by atoms with E-state index in [1.807, 2.05) is 24.3 Å². The Kier molecular flexibility index (Phi) is 6.96. The van der Waals surface area contributed by atoms with Crippen LogP contribution in [0.1, 0.15) is 6.42 Å². The van der Waals surface area contributed by atoms with Crippen LogP contribution in [0.15, 0.2) is 53.3 Å². The van der Waals surface area contributed by atoms with E-state index >= 15 is 0 Å². The number of thiophene rings is 1. The van der Waals surface area contributed by atoms with Gasteiger partial charge in [-0.05, 0) is 66.6 Å². The van der Waals surface area contributed by atoms with Crippen molar-refractivity contribution in [1.29, 1.82) is 0 Å². The van der Waals surface area contributed by atoms with Gasteiger partial charge in [0.25, 0.3) is 5.56 Å². The van der Waals surface area contributed by atoms with Crippen molar-refractivity contribution in [3.05, 3.63) is 58.9 Å². The molecular formula is C28H35N3O3SSi. The zero-order valence-electron chi connectivity index (χ0n) is 21.5. The second kappa shape index (κ2) is 10.0. The van der Waals surface area contributed by atoms with Gasteiger partial charge < -0.3 is 20.1 Å². The zero-order chi connectivity index (χ0) is 25.4. The Morgan fingerprint density at radius 1 is 1.08 bits per heavy atom. The van der Waals surface area contributed by atoms with Crippen molar-refractivity contribution >= 4 is 46.1 Å². The number of aromatic nitrogens is 1. The molecule has 2 N–H and O–H groups in total. The van der Waals surface area contributed by atoms with Crippen molar-refractivity contribution in [1.82, 2.24) is 4.57 Å². The highest BCUT2D eigenvalue weighted by atomic mass is 32.1. The molecule has 0 bridgehead atoms. The predicted molar refractivity (Wildman–Crippen MR) is 154 cm³/mol. The van der Waals surface area contributed by atoms with Gasteiger partial charge in [-0.3, -0.25) is 9.36 Å². The molecule has 1 unspecified atom stereocenters. The molecular weight excluding hydrogens is 486 g/mol. The molecule has 1 aliphatic heterocycles. The predicted octanol–water partition coefficient (Wildman–Crippen LogP) is 5.74. The lowest BCUT2D eigenvalue weighted by molar-refractivity contribution is 0.0882. The third-order valence-corrected chi connectivity index (χ3v) is 9.79. The summed E-state index contributed by atoms with van der Waals surface area (Å²) in [4.78, 5) is 17.1. The van der Waals surface area contributed by atoms with Crippen molar-refractivity contribution in [3.63, 3.8) is 0 Å². The maximum Gasteiger partial charge on any atom is 0.270 e. The average Bonchev–Trinajstić information content (AvgIpc) is 3.50. The van der Waals surface area contributed by atoms with Crippen LogP contribution < -0.4 is 20.9 Å². The number of nitrogens with two attached hydrogens (primary N) is 1. The SMILES string of the molecule is COc1ccc(-c2cc3c(s2)c(=O)n(COCC[Si](C)(C)C)c2ccc(N4CCC(N)C4)cc32)cc1. The van der Waals surface area contributed by atoms with Gasteiger partial charge in [-0.1, -0.05) is 19.6 Å². The molecule has 4 aromatic rings. The number of nitrogens with zero attached hydrogens (tertiary/aromatic N) is 2. The van der Waals surface area contributed by atoms with Crippen LogP contribution in [-0.2, 0) is 11.5 Å². The van der Waals surface area contributed by atoms with Crippen molar-refractivity contribution in [2.75, 3.05) is 31.7 Å². The molecule has 2 aromatic carbocycles. The van der Waals surface area contributed by atoms with E-state index in [9.17, 15) is 4.79 Å². The first-order valence-electron chi connectivity index (χ1n) is 12.6. The fourth-order valence-electron chi connectivity index (χ4n) is 4.74. The lowest BCUT2D eigenvalue weighted by Gasteiger charge is -2.20. The maximum atomic E-state index is 13.7. The number of ether oxygens (including phenoxy) is 2. The largest absolute Gasteiger partial charge is 0.497 e. The van der Waals surface area contributed by atoms with Gasteiger partial charge in [-0.25, -0.2) is 0 Å². The van der Waals surface area contributed by atoms with E-state index in [0.29, 0.717) is 6.61 Å². The Morgan fingerprint density at radius 3 is 2.53 bits per heavy atom. The molecule has 0 radical (unpaired) electrons. The summed E-state index contributed by atoms with van der Waals surface area (Å²) in [6.07, 6.45) is 0.998. The monoisotopic (exact) mass is 521 g/mol. The van der Waals surface area contributed by atoms with Gasteiger partial charge in [0.05, 0.1) is 12.6 Å². The number of rotatable bonds is 8. The van der Waals surface area contributed by atoms with Gasteiger partial charge >= 0.3 is 0 Å². The molecule has 1 saturated heterocycles. The highest BCUT2D eigenvalue weighted by Gasteiger charge is 2.21. The fourth-order valence-corrected chi connectivity index (χ4v) is 6.62. The quantitative estimate of drug-likeness (QED) is 0.236. The molecule has 1 atom stereocenters. The van der Waals surface area contributed by atoms with Crippen LogP contribution in [-0.4, -0.2) is 45.5 Å². The van der Waals surface area contributed by atoms with Crippen LogP contribution in [0.25, 0.3) is 31.4 Å². The summed E-state index contributed by atoms with van der Waals surface area (Å²) >= 11 is 1.54. The molecule has 0 amide bonds. The molecule has 6 nitrogen and oxygen atoms in total. The number of fused-ring (bicyclic) bond motifs is 3. The minimum Gasteiger partial charge on any atom is -0.497 e. The first-order chi connectivity index (χ1) is 17.2. The lowest BCUT2D eigenvalue weighted by atomic mass is 10.1. The minimum absolute atomic E-state index is 0.00575. The van der Waals surface area contributed by atoms with Gasteiger partial charge in [0.1, 0.15) is 17.2 Å². The Bertz CT molecular complexity index is 1440. The molecule has 1 fully saturated rings. The second-order valence-electron chi connectivity index (χ2n) is 10.9. The number of hydrogen-bond donors (Lipinski definition) is 1. The summed E-state index contributed by atoms with van der Waals surface area (Å²) in [7, 11) is 0.456. The van der Waals surface area contributed by atoms with Gasteiger partial charge in [0, 0.05) is 55.1 Å². The van der Waals surface area contributed by atoms with Crippen LogP contribution >= 0.6 is 11.3 Å². The lowest BCUT2D eigenvalue weighted by Crippen LogP contribution is -2.26. The smallest absolute Gasteiger partial charge is 0.270 e. The third-order valence-electron chi connectivity index (χ3n) is 6.91. The number of benzene rings is 2. The first kappa shape index (κ1) is 25.0. The number of methoxy groups -OCH3 is 1. The van der Waals surface area contributed by atoms with E-state index in [-0.39, 0.29) is 18.3 Å². The maximum absolute atomic E-state index is 13.7. The molecule has 190 valence electrons. The molecule has 0 aliphatic carbocycles. The van der Waals surface area contributed by atoms with E-state index in [0.717, 1.165) is 68.4 Å². The number of anilines is 1. The summed E-state index contributed by atoms with van der Waals surface area (Å²) in [5.41, 5.74) is 9.33. The van der Waals surface area contributed by atoms with Gasteiger partial charge in [0.15, 0.2) is 0 Å². The average molecular weight is 522 g/mol. The molecule has 5 rings (SSSR count). The highest BCUT2D eigenvalue weighted by molar-refractivity contribution is 7.22. The number of pyridine rings is 1. The molecule has 8 heteroatoms. The van der Waals surface area contributed by atoms with Crippen LogP contribution in [0.5, 0.6) is 5.75 Å². The topological polar surface area (TPSA) is 69.7 Å². The van der Waals surface area contributed by atoms with Crippen molar-refractivity contribution in [2.24, 2.45) is 5.73 Å². The van der Waals surface area contributed by atoms with Gasteiger partial charge in [-0.15, -0.1) is 11.3 Å². The van der Waals surface area contributed by atoms with Gasteiger partial charge in [0.2, 0.25) is 0 Å². The molecule has 1 aliphatic rings. The summed E-state index contributed by atoms with van der Waals surface area (Å²) < 4.78 is 13.9.